The van der Waals surface area contributed by atoms with Crippen LogP contribution < -0.4 is 0 Å². The van der Waals surface area contributed by atoms with Crippen molar-refractivity contribution in [3.63, 3.8) is 0 Å². The fourth-order valence-corrected chi connectivity index (χ4v) is 0.914. The molecule has 0 saturated carbocycles. The number of ether oxygens (including phenoxy) is 2. The molecule has 0 bridgehead atoms. The average Bonchev–Trinajstić information content (AvgIpc) is 2.16. The molecular weight excluding hydrogens is 204 g/mol. The molecule has 6 heteroatoms. The number of hydrogen-bond donors (Lipinski definition) is 2. The van der Waals surface area contributed by atoms with Gasteiger partial charge in [-0.1, -0.05) is 13.3 Å². The molecule has 0 aliphatic heterocycles. The van der Waals surface area contributed by atoms with Crippen LogP contribution in [-0.2, 0) is 19.1 Å². The summed E-state index contributed by atoms with van der Waals surface area (Å²) in [6.07, 6.45) is 1.45. The van der Waals surface area contributed by atoms with Crippen LogP contribution in [0, 0.1) is 0 Å². The fraction of sp³-hybridized carbons (Fsp3) is 0.778. The molecule has 0 unspecified atom stereocenters. The summed E-state index contributed by atoms with van der Waals surface area (Å²) in [6, 6.07) is 0. The highest BCUT2D eigenvalue weighted by Crippen LogP contribution is 2.06. The Morgan fingerprint density at radius 1 is 1.13 bits per heavy atom. The lowest BCUT2D eigenvalue weighted by Gasteiger charge is -2.15. The van der Waals surface area contributed by atoms with Crippen molar-refractivity contribution in [1.82, 2.24) is 0 Å². The first-order chi connectivity index (χ1) is 7.06. The van der Waals surface area contributed by atoms with E-state index in [9.17, 15) is 9.59 Å². The van der Waals surface area contributed by atoms with Crippen molar-refractivity contribution < 1.29 is 29.3 Å². The molecular formula is C9H16O6. The summed E-state index contributed by atoms with van der Waals surface area (Å²) < 4.78 is 9.74. The first kappa shape index (κ1) is 13.9. The zero-order valence-electron chi connectivity index (χ0n) is 8.64. The molecule has 0 aromatic heterocycles. The predicted octanol–water partition coefficient (Wildman–Crippen LogP) is 0.705. The minimum absolute atomic E-state index is 0.478. The Balaban J connectivity index is 3.82. The van der Waals surface area contributed by atoms with Crippen molar-refractivity contribution in [2.75, 3.05) is 13.2 Å². The van der Waals surface area contributed by atoms with Crippen LogP contribution in [0.15, 0.2) is 0 Å². The van der Waals surface area contributed by atoms with Gasteiger partial charge in [0.25, 0.3) is 0 Å². The molecule has 88 valence electrons. The van der Waals surface area contributed by atoms with Crippen LogP contribution in [0.3, 0.4) is 0 Å². The van der Waals surface area contributed by atoms with Crippen LogP contribution in [0.5, 0.6) is 0 Å². The number of hydrogen-bond acceptors (Lipinski definition) is 4. The second-order valence-electron chi connectivity index (χ2n) is 2.98. The molecule has 0 rings (SSSR count). The number of carboxylic acid groups (broad SMARTS) is 2. The van der Waals surface area contributed by atoms with Gasteiger partial charge < -0.3 is 19.7 Å². The van der Waals surface area contributed by atoms with Crippen LogP contribution >= 0.6 is 0 Å². The van der Waals surface area contributed by atoms with Gasteiger partial charge in [0, 0.05) is 0 Å². The molecule has 2 N–H and O–H groups in total. The van der Waals surface area contributed by atoms with Gasteiger partial charge in [0.1, 0.15) is 13.2 Å². The topological polar surface area (TPSA) is 93.1 Å². The van der Waals surface area contributed by atoms with Gasteiger partial charge in [0.15, 0.2) is 6.29 Å². The van der Waals surface area contributed by atoms with Crippen molar-refractivity contribution in [3.05, 3.63) is 0 Å². The van der Waals surface area contributed by atoms with Gasteiger partial charge in [-0.3, -0.25) is 0 Å². The molecule has 0 aromatic carbocycles. The quantitative estimate of drug-likeness (QED) is 0.556. The molecule has 15 heavy (non-hydrogen) atoms. The maximum absolute atomic E-state index is 10.2. The monoisotopic (exact) mass is 220 g/mol. The fourth-order valence-electron chi connectivity index (χ4n) is 0.914. The average molecular weight is 220 g/mol. The van der Waals surface area contributed by atoms with E-state index >= 15 is 0 Å². The largest absolute Gasteiger partial charge is 0.480 e. The number of carbonyl (C=O) groups is 2. The van der Waals surface area contributed by atoms with Crippen LogP contribution in [0.25, 0.3) is 0 Å². The number of carboxylic acids is 2. The Hall–Kier alpha value is -1.14. The summed E-state index contributed by atoms with van der Waals surface area (Å²) in [5.41, 5.74) is 0. The molecule has 0 aliphatic carbocycles. The van der Waals surface area contributed by atoms with E-state index in [-0.39, 0.29) is 0 Å². The molecule has 0 saturated heterocycles. The highest BCUT2D eigenvalue weighted by molar-refractivity contribution is 5.68. The number of unbranched alkanes of at least 4 members (excludes halogenated alkanes) is 1. The Morgan fingerprint density at radius 2 is 1.60 bits per heavy atom. The van der Waals surface area contributed by atoms with E-state index in [2.05, 4.69) is 0 Å². The third-order valence-corrected chi connectivity index (χ3v) is 1.58. The van der Waals surface area contributed by atoms with Crippen molar-refractivity contribution in [2.24, 2.45) is 0 Å². The third kappa shape index (κ3) is 9.17. The Kier molecular flexibility index (Phi) is 7.57. The molecule has 0 amide bonds. The van der Waals surface area contributed by atoms with Gasteiger partial charge in [-0.05, 0) is 12.8 Å². The van der Waals surface area contributed by atoms with Crippen LogP contribution in [0.2, 0.25) is 0 Å². The molecule has 6 nitrogen and oxygen atoms in total. The standard InChI is InChI=1S/C9H16O6/c1-2-3-4-9(14-5-7(10)11)15-6-8(12)13/h9H,2-6H2,1H3,(H,10,11)(H,12,13). The van der Waals surface area contributed by atoms with Crippen LogP contribution in [-0.4, -0.2) is 41.7 Å². The van der Waals surface area contributed by atoms with E-state index in [0.29, 0.717) is 6.42 Å². The van der Waals surface area contributed by atoms with Gasteiger partial charge in [-0.2, -0.15) is 0 Å². The van der Waals surface area contributed by atoms with Crippen molar-refractivity contribution >= 4 is 11.9 Å². The van der Waals surface area contributed by atoms with Gasteiger partial charge in [0.2, 0.25) is 0 Å². The lowest BCUT2D eigenvalue weighted by Crippen LogP contribution is -2.24. The molecule has 0 fully saturated rings. The highest BCUT2D eigenvalue weighted by Gasteiger charge is 2.12. The molecule has 0 atom stereocenters. The summed E-state index contributed by atoms with van der Waals surface area (Å²) in [5.74, 6) is -2.20. The van der Waals surface area contributed by atoms with Gasteiger partial charge in [-0.25, -0.2) is 9.59 Å². The smallest absolute Gasteiger partial charge is 0.329 e. The molecule has 0 aromatic rings. The molecule has 0 aliphatic rings. The second-order valence-corrected chi connectivity index (χ2v) is 2.98. The van der Waals surface area contributed by atoms with E-state index in [1.807, 2.05) is 6.92 Å². The SMILES string of the molecule is CCCCC(OCC(=O)O)OCC(=O)O. The summed E-state index contributed by atoms with van der Waals surface area (Å²) in [5, 5.41) is 16.7. The van der Waals surface area contributed by atoms with E-state index in [1.165, 1.54) is 0 Å². The summed E-state index contributed by atoms with van der Waals surface area (Å²) >= 11 is 0. The van der Waals surface area contributed by atoms with E-state index in [4.69, 9.17) is 19.7 Å². The summed E-state index contributed by atoms with van der Waals surface area (Å²) in [6.45, 7) is 1.01. The van der Waals surface area contributed by atoms with E-state index in [0.717, 1.165) is 12.8 Å². The van der Waals surface area contributed by atoms with Gasteiger partial charge in [0.05, 0.1) is 0 Å². The first-order valence-electron chi connectivity index (χ1n) is 4.73. The van der Waals surface area contributed by atoms with Crippen molar-refractivity contribution in [2.45, 2.75) is 32.5 Å². The highest BCUT2D eigenvalue weighted by atomic mass is 16.7. The van der Waals surface area contributed by atoms with Crippen molar-refractivity contribution in [1.29, 1.82) is 0 Å². The molecule has 0 radical (unpaired) electrons. The van der Waals surface area contributed by atoms with Crippen LogP contribution in [0.1, 0.15) is 26.2 Å². The minimum atomic E-state index is -1.10. The minimum Gasteiger partial charge on any atom is -0.480 e. The van der Waals surface area contributed by atoms with Gasteiger partial charge in [-0.15, -0.1) is 0 Å². The second kappa shape index (κ2) is 8.19. The Morgan fingerprint density at radius 3 is 1.93 bits per heavy atom. The summed E-state index contributed by atoms with van der Waals surface area (Å²) in [4.78, 5) is 20.4. The number of aliphatic carboxylic acids is 2. The van der Waals surface area contributed by atoms with E-state index < -0.39 is 31.4 Å². The molecule has 0 heterocycles. The Bertz CT molecular complexity index is 185. The first-order valence-corrected chi connectivity index (χ1v) is 4.73. The maximum atomic E-state index is 10.2. The summed E-state index contributed by atoms with van der Waals surface area (Å²) in [7, 11) is 0. The zero-order chi connectivity index (χ0) is 11.7. The van der Waals surface area contributed by atoms with Crippen molar-refractivity contribution in [3.8, 4) is 0 Å². The third-order valence-electron chi connectivity index (χ3n) is 1.58. The lowest BCUT2D eigenvalue weighted by molar-refractivity contribution is -0.178. The predicted molar refractivity (Wildman–Crippen MR) is 50.5 cm³/mol. The number of rotatable bonds is 9. The maximum Gasteiger partial charge on any atom is 0.329 e. The molecule has 0 spiro atoms. The van der Waals surface area contributed by atoms with E-state index in [1.54, 1.807) is 0 Å². The lowest BCUT2D eigenvalue weighted by atomic mass is 10.2. The van der Waals surface area contributed by atoms with Crippen LogP contribution in [0.4, 0.5) is 0 Å². The van der Waals surface area contributed by atoms with Gasteiger partial charge >= 0.3 is 11.9 Å². The normalized spacial score (nSPS) is 10.5. The Labute approximate surface area is 87.8 Å². The zero-order valence-corrected chi connectivity index (χ0v) is 8.64.